The van der Waals surface area contributed by atoms with Gasteiger partial charge in [0, 0.05) is 24.3 Å². The highest BCUT2D eigenvalue weighted by Gasteiger charge is 2.07. The smallest absolute Gasteiger partial charge is 0.271 e. The van der Waals surface area contributed by atoms with Gasteiger partial charge < -0.3 is 9.47 Å². The summed E-state index contributed by atoms with van der Waals surface area (Å²) in [6, 6.07) is 11.9. The molecule has 0 aromatic heterocycles. The van der Waals surface area contributed by atoms with Crippen LogP contribution in [0.5, 0.6) is 11.5 Å². The normalized spacial score (nSPS) is 11.0. The molecule has 0 unspecified atom stereocenters. The first-order valence-electron chi connectivity index (χ1n) is 7.28. The van der Waals surface area contributed by atoms with E-state index in [2.05, 4.69) is 10.5 Å². The fourth-order valence-electron chi connectivity index (χ4n) is 2.17. The Hall–Kier alpha value is -3.09. The van der Waals surface area contributed by atoms with Crippen molar-refractivity contribution in [1.82, 2.24) is 0 Å². The van der Waals surface area contributed by atoms with E-state index in [1.807, 2.05) is 25.1 Å². The number of nitro benzene ring substituents is 1. The van der Waals surface area contributed by atoms with Crippen LogP contribution in [0, 0.1) is 10.1 Å². The van der Waals surface area contributed by atoms with Crippen molar-refractivity contribution in [3.8, 4) is 11.5 Å². The van der Waals surface area contributed by atoms with Gasteiger partial charge in [-0.1, -0.05) is 12.1 Å². The van der Waals surface area contributed by atoms with E-state index in [0.29, 0.717) is 23.6 Å². The molecule has 0 heterocycles. The number of anilines is 1. The van der Waals surface area contributed by atoms with Crippen molar-refractivity contribution in [2.24, 2.45) is 5.10 Å². The molecule has 24 heavy (non-hydrogen) atoms. The second-order valence-electron chi connectivity index (χ2n) is 5.13. The zero-order valence-electron chi connectivity index (χ0n) is 13.8. The van der Waals surface area contributed by atoms with E-state index in [4.69, 9.17) is 9.47 Å². The zero-order valence-corrected chi connectivity index (χ0v) is 13.8. The molecule has 2 aromatic rings. The number of nitro groups is 1. The first-order chi connectivity index (χ1) is 11.5. The van der Waals surface area contributed by atoms with Crippen LogP contribution in [-0.4, -0.2) is 24.9 Å². The highest BCUT2D eigenvalue weighted by molar-refractivity contribution is 5.85. The fourth-order valence-corrected chi connectivity index (χ4v) is 2.17. The van der Waals surface area contributed by atoms with Crippen molar-refractivity contribution in [2.75, 3.05) is 19.6 Å². The second kappa shape index (κ2) is 7.96. The lowest BCUT2D eigenvalue weighted by atomic mass is 10.1. The van der Waals surface area contributed by atoms with Crippen LogP contribution in [0.15, 0.2) is 47.6 Å². The molecule has 0 aliphatic heterocycles. The van der Waals surface area contributed by atoms with Gasteiger partial charge in [-0.25, -0.2) is 0 Å². The molecule has 1 N–H and O–H groups in total. The summed E-state index contributed by atoms with van der Waals surface area (Å²) in [4.78, 5) is 10.3. The molecular weight excluding hydrogens is 310 g/mol. The van der Waals surface area contributed by atoms with Gasteiger partial charge >= 0.3 is 0 Å². The van der Waals surface area contributed by atoms with E-state index >= 15 is 0 Å². The molecule has 0 amide bonds. The lowest BCUT2D eigenvalue weighted by molar-refractivity contribution is -0.384. The molecule has 0 bridgehead atoms. The Labute approximate surface area is 140 Å². The highest BCUT2D eigenvalue weighted by Crippen LogP contribution is 2.27. The number of rotatable bonds is 7. The molecule has 0 aliphatic rings. The molecule has 0 spiro atoms. The van der Waals surface area contributed by atoms with Gasteiger partial charge in [0.05, 0.1) is 24.8 Å². The Morgan fingerprint density at radius 3 is 2.58 bits per heavy atom. The van der Waals surface area contributed by atoms with Crippen molar-refractivity contribution in [2.45, 2.75) is 13.3 Å². The van der Waals surface area contributed by atoms with E-state index in [-0.39, 0.29) is 5.69 Å². The van der Waals surface area contributed by atoms with Gasteiger partial charge in [-0.2, -0.15) is 5.10 Å². The molecule has 0 aliphatic carbocycles. The number of hydrogen-bond acceptors (Lipinski definition) is 6. The number of hydrazone groups is 1. The summed E-state index contributed by atoms with van der Waals surface area (Å²) in [5.41, 5.74) is 5.28. The monoisotopic (exact) mass is 329 g/mol. The molecule has 0 saturated heterocycles. The number of hydrogen-bond donors (Lipinski definition) is 1. The first-order valence-corrected chi connectivity index (χ1v) is 7.28. The number of nitrogens with zero attached hydrogens (tertiary/aromatic N) is 2. The second-order valence-corrected chi connectivity index (χ2v) is 5.13. The minimum atomic E-state index is -0.439. The van der Waals surface area contributed by atoms with Crippen LogP contribution >= 0.6 is 0 Å². The van der Waals surface area contributed by atoms with Crippen molar-refractivity contribution < 1.29 is 14.4 Å². The fraction of sp³-hybridized carbons (Fsp3) is 0.235. The summed E-state index contributed by atoms with van der Waals surface area (Å²) in [6.07, 6.45) is 0.613. The predicted molar refractivity (Wildman–Crippen MR) is 93.1 cm³/mol. The van der Waals surface area contributed by atoms with Crippen LogP contribution in [0.1, 0.15) is 12.5 Å². The van der Waals surface area contributed by atoms with Gasteiger partial charge in [0.25, 0.3) is 5.69 Å². The van der Waals surface area contributed by atoms with Gasteiger partial charge in [0.15, 0.2) is 11.5 Å². The average molecular weight is 329 g/mol. The summed E-state index contributed by atoms with van der Waals surface area (Å²) >= 11 is 0. The molecule has 2 rings (SSSR count). The number of nitrogens with one attached hydrogen (secondary N) is 1. The largest absolute Gasteiger partial charge is 0.493 e. The van der Waals surface area contributed by atoms with Crippen molar-refractivity contribution >= 4 is 17.1 Å². The van der Waals surface area contributed by atoms with Crippen LogP contribution in [0.25, 0.3) is 0 Å². The number of ether oxygens (including phenoxy) is 2. The van der Waals surface area contributed by atoms with Gasteiger partial charge in [-0.15, -0.1) is 0 Å². The number of non-ortho nitro benzene ring substituents is 1. The van der Waals surface area contributed by atoms with E-state index in [0.717, 1.165) is 11.3 Å². The van der Waals surface area contributed by atoms with Gasteiger partial charge in [0.1, 0.15) is 0 Å². The lowest BCUT2D eigenvalue weighted by Crippen LogP contribution is -2.02. The summed E-state index contributed by atoms with van der Waals surface area (Å²) in [7, 11) is 3.18. The Balaban J connectivity index is 2.06. The maximum Gasteiger partial charge on any atom is 0.271 e. The minimum absolute atomic E-state index is 0.0211. The number of methoxy groups -OCH3 is 2. The maximum absolute atomic E-state index is 10.8. The third kappa shape index (κ3) is 4.45. The van der Waals surface area contributed by atoms with Crippen molar-refractivity contribution in [3.63, 3.8) is 0 Å². The van der Waals surface area contributed by atoms with Crippen molar-refractivity contribution in [1.29, 1.82) is 0 Å². The van der Waals surface area contributed by atoms with Crippen LogP contribution in [0.4, 0.5) is 11.4 Å². The lowest BCUT2D eigenvalue weighted by Gasteiger charge is -2.09. The zero-order chi connectivity index (χ0) is 17.5. The van der Waals surface area contributed by atoms with Crippen LogP contribution in [0.2, 0.25) is 0 Å². The molecule has 0 saturated carbocycles. The van der Waals surface area contributed by atoms with Gasteiger partial charge in [-0.05, 0) is 30.7 Å². The van der Waals surface area contributed by atoms with Crippen LogP contribution < -0.4 is 14.9 Å². The Kier molecular flexibility index (Phi) is 5.73. The summed E-state index contributed by atoms with van der Waals surface area (Å²) in [5.74, 6) is 1.33. The van der Waals surface area contributed by atoms with Gasteiger partial charge in [0.2, 0.25) is 0 Å². The number of benzene rings is 2. The van der Waals surface area contributed by atoms with E-state index in [1.165, 1.54) is 12.1 Å². The Morgan fingerprint density at radius 2 is 1.92 bits per heavy atom. The van der Waals surface area contributed by atoms with Crippen LogP contribution in [-0.2, 0) is 6.42 Å². The predicted octanol–water partition coefficient (Wildman–Crippen LogP) is 3.64. The van der Waals surface area contributed by atoms with Crippen LogP contribution in [0.3, 0.4) is 0 Å². The summed E-state index contributed by atoms with van der Waals surface area (Å²) < 4.78 is 10.5. The molecule has 0 radical (unpaired) electrons. The Morgan fingerprint density at radius 1 is 1.17 bits per heavy atom. The third-order valence-electron chi connectivity index (χ3n) is 3.34. The molecule has 2 aromatic carbocycles. The summed E-state index contributed by atoms with van der Waals surface area (Å²) in [6.45, 7) is 1.88. The molecular formula is C17H19N3O4. The highest BCUT2D eigenvalue weighted by atomic mass is 16.6. The van der Waals surface area contributed by atoms with E-state index < -0.39 is 4.92 Å². The summed E-state index contributed by atoms with van der Waals surface area (Å²) in [5, 5.41) is 15.0. The maximum atomic E-state index is 10.8. The molecule has 0 atom stereocenters. The first kappa shape index (κ1) is 17.3. The standard InChI is InChI=1S/C17H19N3O4/c1-12(9-13-7-8-16(23-2)17(10-13)24-3)18-19-14-5-4-6-15(11-14)20(21)22/h4-8,10-11,19H,9H2,1-3H3/b18-12-. The van der Waals surface area contributed by atoms with Gasteiger partial charge in [-0.3, -0.25) is 15.5 Å². The SMILES string of the molecule is COc1ccc(C/C(C)=N\Nc2cccc([N+](=O)[O-])c2)cc1OC. The minimum Gasteiger partial charge on any atom is -0.493 e. The van der Waals surface area contributed by atoms with E-state index in [9.17, 15) is 10.1 Å². The molecule has 126 valence electrons. The molecule has 7 nitrogen and oxygen atoms in total. The average Bonchev–Trinajstić information content (AvgIpc) is 2.60. The quantitative estimate of drug-likeness (QED) is 0.476. The Bertz CT molecular complexity index is 759. The molecule has 0 fully saturated rings. The van der Waals surface area contributed by atoms with E-state index in [1.54, 1.807) is 26.4 Å². The molecule has 7 heteroatoms. The topological polar surface area (TPSA) is 86.0 Å². The third-order valence-corrected chi connectivity index (χ3v) is 3.34. The van der Waals surface area contributed by atoms with Crippen molar-refractivity contribution in [3.05, 3.63) is 58.1 Å².